The van der Waals surface area contributed by atoms with Gasteiger partial charge in [-0.25, -0.2) is 0 Å². The molecule has 3 nitrogen and oxygen atoms in total. The normalized spacial score (nSPS) is 12.2. The third kappa shape index (κ3) is 3.36. The molecule has 0 aliphatic rings. The molecule has 0 fully saturated rings. The second-order valence-corrected chi connectivity index (χ2v) is 4.94. The Kier molecular flexibility index (Phi) is 4.74. The highest BCUT2D eigenvalue weighted by Gasteiger charge is 2.08. The van der Waals surface area contributed by atoms with Crippen molar-refractivity contribution in [2.24, 2.45) is 5.73 Å². The molecule has 1 unspecified atom stereocenters. The van der Waals surface area contributed by atoms with E-state index < -0.39 is 0 Å². The summed E-state index contributed by atoms with van der Waals surface area (Å²) in [6, 6.07) is 12.0. The van der Waals surface area contributed by atoms with Crippen molar-refractivity contribution < 1.29 is 4.74 Å². The number of pyridine rings is 1. The zero-order valence-electron chi connectivity index (χ0n) is 12.4. The van der Waals surface area contributed by atoms with Crippen molar-refractivity contribution in [2.75, 3.05) is 0 Å². The molecule has 0 saturated carbocycles. The molecule has 3 heteroatoms. The summed E-state index contributed by atoms with van der Waals surface area (Å²) >= 11 is 0. The standard InChI is InChI=1S/C17H22N2O/c1-4-15(18)13-7-6-8-14(11-13)20-17-10-9-12(3)19-16(17)5-2/h6-11,15H,4-5,18H2,1-3H3. The zero-order valence-corrected chi connectivity index (χ0v) is 12.4. The molecule has 106 valence electrons. The van der Waals surface area contributed by atoms with Gasteiger partial charge in [0.1, 0.15) is 11.5 Å². The smallest absolute Gasteiger partial charge is 0.148 e. The molecule has 0 radical (unpaired) electrons. The van der Waals surface area contributed by atoms with E-state index in [1.165, 1.54) is 0 Å². The SMILES string of the molecule is CCc1nc(C)ccc1Oc1cccc(C(N)CC)c1. The Balaban J connectivity index is 2.26. The molecular formula is C17H22N2O. The summed E-state index contributed by atoms with van der Waals surface area (Å²) in [5.41, 5.74) is 9.16. The van der Waals surface area contributed by atoms with Crippen LogP contribution in [0.2, 0.25) is 0 Å². The fourth-order valence-corrected chi connectivity index (χ4v) is 2.12. The maximum atomic E-state index is 6.06. The number of benzene rings is 1. The fourth-order valence-electron chi connectivity index (χ4n) is 2.12. The molecule has 1 aromatic carbocycles. The maximum absolute atomic E-state index is 6.06. The average molecular weight is 270 g/mol. The van der Waals surface area contributed by atoms with E-state index in [0.717, 1.165) is 41.3 Å². The van der Waals surface area contributed by atoms with Crippen molar-refractivity contribution >= 4 is 0 Å². The van der Waals surface area contributed by atoms with Crippen LogP contribution in [0.25, 0.3) is 0 Å². The predicted octanol–water partition coefficient (Wildman–Crippen LogP) is 4.15. The largest absolute Gasteiger partial charge is 0.455 e. The molecule has 0 amide bonds. The molecule has 0 bridgehead atoms. The van der Waals surface area contributed by atoms with Gasteiger partial charge in [-0.2, -0.15) is 0 Å². The Morgan fingerprint density at radius 1 is 1.20 bits per heavy atom. The van der Waals surface area contributed by atoms with Gasteiger partial charge in [0.15, 0.2) is 0 Å². The summed E-state index contributed by atoms with van der Waals surface area (Å²) in [4.78, 5) is 4.51. The minimum atomic E-state index is 0.0559. The number of nitrogens with two attached hydrogens (primary N) is 1. The zero-order chi connectivity index (χ0) is 14.5. The Morgan fingerprint density at radius 3 is 2.70 bits per heavy atom. The van der Waals surface area contributed by atoms with Crippen LogP contribution in [-0.2, 0) is 6.42 Å². The van der Waals surface area contributed by atoms with Crippen LogP contribution in [0.5, 0.6) is 11.5 Å². The lowest BCUT2D eigenvalue weighted by Crippen LogP contribution is -2.08. The van der Waals surface area contributed by atoms with E-state index in [1.54, 1.807) is 0 Å². The first kappa shape index (κ1) is 14.5. The third-order valence-electron chi connectivity index (χ3n) is 3.36. The minimum absolute atomic E-state index is 0.0559. The molecule has 20 heavy (non-hydrogen) atoms. The topological polar surface area (TPSA) is 48.1 Å². The van der Waals surface area contributed by atoms with E-state index in [2.05, 4.69) is 18.8 Å². The van der Waals surface area contributed by atoms with Crippen LogP contribution in [0.3, 0.4) is 0 Å². The lowest BCUT2D eigenvalue weighted by molar-refractivity contribution is 0.471. The van der Waals surface area contributed by atoms with Gasteiger partial charge in [0.2, 0.25) is 0 Å². The van der Waals surface area contributed by atoms with Gasteiger partial charge in [-0.3, -0.25) is 4.98 Å². The van der Waals surface area contributed by atoms with Crippen LogP contribution in [0, 0.1) is 6.92 Å². The Morgan fingerprint density at radius 2 is 2.00 bits per heavy atom. The van der Waals surface area contributed by atoms with Gasteiger partial charge in [-0.15, -0.1) is 0 Å². The van der Waals surface area contributed by atoms with Gasteiger partial charge in [-0.1, -0.05) is 26.0 Å². The van der Waals surface area contributed by atoms with Gasteiger partial charge in [0.25, 0.3) is 0 Å². The number of aryl methyl sites for hydroxylation is 2. The lowest BCUT2D eigenvalue weighted by atomic mass is 10.1. The van der Waals surface area contributed by atoms with Crippen LogP contribution in [0.1, 0.15) is 43.3 Å². The van der Waals surface area contributed by atoms with E-state index in [0.29, 0.717) is 0 Å². The van der Waals surface area contributed by atoms with Gasteiger partial charge >= 0.3 is 0 Å². The second-order valence-electron chi connectivity index (χ2n) is 4.94. The van der Waals surface area contributed by atoms with Crippen molar-refractivity contribution in [3.05, 3.63) is 53.3 Å². The highest BCUT2D eigenvalue weighted by molar-refractivity contribution is 5.37. The number of nitrogens with zero attached hydrogens (tertiary/aromatic N) is 1. The quantitative estimate of drug-likeness (QED) is 0.887. The Labute approximate surface area is 120 Å². The fraction of sp³-hybridized carbons (Fsp3) is 0.353. The monoisotopic (exact) mass is 270 g/mol. The van der Waals surface area contributed by atoms with Crippen LogP contribution >= 0.6 is 0 Å². The predicted molar refractivity (Wildman–Crippen MR) is 82.1 cm³/mol. The Hall–Kier alpha value is -1.87. The van der Waals surface area contributed by atoms with Crippen molar-refractivity contribution in [1.82, 2.24) is 4.98 Å². The number of hydrogen-bond donors (Lipinski definition) is 1. The Bertz CT molecular complexity index is 581. The molecule has 1 aromatic heterocycles. The van der Waals surface area contributed by atoms with Crippen molar-refractivity contribution in [3.63, 3.8) is 0 Å². The summed E-state index contributed by atoms with van der Waals surface area (Å²) in [5, 5.41) is 0. The summed E-state index contributed by atoms with van der Waals surface area (Å²) in [7, 11) is 0. The van der Waals surface area contributed by atoms with Crippen molar-refractivity contribution in [2.45, 2.75) is 39.7 Å². The first-order chi connectivity index (χ1) is 9.63. The van der Waals surface area contributed by atoms with Crippen LogP contribution < -0.4 is 10.5 Å². The van der Waals surface area contributed by atoms with Crippen LogP contribution in [-0.4, -0.2) is 4.98 Å². The van der Waals surface area contributed by atoms with E-state index in [4.69, 9.17) is 10.5 Å². The molecule has 0 aliphatic heterocycles. The van der Waals surface area contributed by atoms with E-state index in [-0.39, 0.29) is 6.04 Å². The number of aromatic nitrogens is 1. The molecule has 1 heterocycles. The van der Waals surface area contributed by atoms with Gasteiger partial charge in [-0.05, 0) is 49.6 Å². The summed E-state index contributed by atoms with van der Waals surface area (Å²) in [6.45, 7) is 6.15. The maximum Gasteiger partial charge on any atom is 0.148 e. The minimum Gasteiger partial charge on any atom is -0.455 e. The molecular weight excluding hydrogens is 248 g/mol. The lowest BCUT2D eigenvalue weighted by Gasteiger charge is -2.13. The summed E-state index contributed by atoms with van der Waals surface area (Å²) in [6.07, 6.45) is 1.76. The van der Waals surface area contributed by atoms with Crippen molar-refractivity contribution in [3.8, 4) is 11.5 Å². The number of ether oxygens (including phenoxy) is 1. The van der Waals surface area contributed by atoms with E-state index in [1.807, 2.05) is 43.3 Å². The van der Waals surface area contributed by atoms with Crippen LogP contribution in [0.4, 0.5) is 0 Å². The molecule has 0 aliphatic carbocycles. The first-order valence-electron chi connectivity index (χ1n) is 7.14. The van der Waals surface area contributed by atoms with Crippen LogP contribution in [0.15, 0.2) is 36.4 Å². The molecule has 1 atom stereocenters. The molecule has 2 N–H and O–H groups in total. The average Bonchev–Trinajstić information content (AvgIpc) is 2.48. The second kappa shape index (κ2) is 6.53. The molecule has 2 rings (SSSR count). The first-order valence-corrected chi connectivity index (χ1v) is 7.14. The van der Waals surface area contributed by atoms with Gasteiger partial charge in [0.05, 0.1) is 5.69 Å². The van der Waals surface area contributed by atoms with Gasteiger partial charge < -0.3 is 10.5 Å². The number of hydrogen-bond acceptors (Lipinski definition) is 3. The third-order valence-corrected chi connectivity index (χ3v) is 3.36. The molecule has 0 spiro atoms. The highest BCUT2D eigenvalue weighted by Crippen LogP contribution is 2.27. The van der Waals surface area contributed by atoms with Crippen molar-refractivity contribution in [1.29, 1.82) is 0 Å². The molecule has 0 saturated heterocycles. The van der Waals surface area contributed by atoms with E-state index in [9.17, 15) is 0 Å². The summed E-state index contributed by atoms with van der Waals surface area (Å²) in [5.74, 6) is 1.63. The number of rotatable bonds is 5. The van der Waals surface area contributed by atoms with E-state index >= 15 is 0 Å². The molecule has 2 aromatic rings. The summed E-state index contributed by atoms with van der Waals surface area (Å²) < 4.78 is 5.97. The van der Waals surface area contributed by atoms with Gasteiger partial charge in [0, 0.05) is 11.7 Å². The highest BCUT2D eigenvalue weighted by atomic mass is 16.5.